The Morgan fingerprint density at radius 3 is 2.87 bits per heavy atom. The van der Waals surface area contributed by atoms with Crippen molar-refractivity contribution in [2.24, 2.45) is 0 Å². The first-order chi connectivity index (χ1) is 7.17. The number of nitrogens with zero attached hydrogens (tertiary/aromatic N) is 2. The van der Waals surface area contributed by atoms with Gasteiger partial charge in [0.1, 0.15) is 5.82 Å². The fraction of sp³-hybridized carbons (Fsp3) is 0.600. The summed E-state index contributed by atoms with van der Waals surface area (Å²) in [4.78, 5) is 8.40. The lowest BCUT2D eigenvalue weighted by atomic mass is 10.2. The van der Waals surface area contributed by atoms with Gasteiger partial charge in [-0.1, -0.05) is 0 Å². The van der Waals surface area contributed by atoms with E-state index in [4.69, 9.17) is 5.11 Å². The number of hydrogen-bond donors (Lipinski definition) is 3. The van der Waals surface area contributed by atoms with Crippen molar-refractivity contribution in [2.45, 2.75) is 26.3 Å². The van der Waals surface area contributed by atoms with Crippen LogP contribution in [0.2, 0.25) is 0 Å². The maximum absolute atomic E-state index is 8.80. The largest absolute Gasteiger partial charge is 0.396 e. The molecule has 0 fully saturated rings. The summed E-state index contributed by atoms with van der Waals surface area (Å²) in [7, 11) is 1.78. The Morgan fingerprint density at radius 1 is 1.53 bits per heavy atom. The molecule has 0 saturated heterocycles. The number of aliphatic hydroxyl groups is 1. The Balaban J connectivity index is 2.74. The molecule has 1 aromatic rings. The summed E-state index contributed by atoms with van der Waals surface area (Å²) in [5, 5.41) is 14.9. The van der Waals surface area contributed by atoms with Crippen molar-refractivity contribution in [1.29, 1.82) is 0 Å². The minimum atomic E-state index is 0.178. The van der Waals surface area contributed by atoms with E-state index in [0.717, 1.165) is 11.4 Å². The van der Waals surface area contributed by atoms with E-state index in [1.807, 2.05) is 13.8 Å². The van der Waals surface area contributed by atoms with E-state index in [0.29, 0.717) is 12.4 Å². The average molecular weight is 210 g/mol. The zero-order valence-corrected chi connectivity index (χ0v) is 9.41. The van der Waals surface area contributed by atoms with Gasteiger partial charge in [-0.15, -0.1) is 0 Å². The van der Waals surface area contributed by atoms with Crippen LogP contribution in [-0.2, 0) is 0 Å². The van der Waals surface area contributed by atoms with Crippen LogP contribution in [0.4, 0.5) is 11.8 Å². The number of aromatic nitrogens is 2. The summed E-state index contributed by atoms with van der Waals surface area (Å²) in [6, 6.07) is 0.202. The molecule has 84 valence electrons. The van der Waals surface area contributed by atoms with Gasteiger partial charge in [0.25, 0.3) is 0 Å². The van der Waals surface area contributed by atoms with Gasteiger partial charge in [0.2, 0.25) is 5.95 Å². The van der Waals surface area contributed by atoms with Gasteiger partial charge in [0.15, 0.2) is 0 Å². The van der Waals surface area contributed by atoms with E-state index in [9.17, 15) is 0 Å². The second-order valence-corrected chi connectivity index (χ2v) is 3.53. The van der Waals surface area contributed by atoms with Crippen LogP contribution in [0.5, 0.6) is 0 Å². The molecule has 0 aliphatic rings. The standard InChI is InChI=1S/C10H18N4O/c1-7-6-12-10(11-3)14-9(7)13-8(2)4-5-15/h6,8,15H,4-5H2,1-3H3,(H2,11,12,13,14). The Bertz CT molecular complexity index is 316. The van der Waals surface area contributed by atoms with Crippen molar-refractivity contribution in [1.82, 2.24) is 9.97 Å². The molecule has 0 radical (unpaired) electrons. The minimum Gasteiger partial charge on any atom is -0.396 e. The lowest BCUT2D eigenvalue weighted by Gasteiger charge is -2.15. The molecule has 3 N–H and O–H groups in total. The highest BCUT2D eigenvalue weighted by Gasteiger charge is 2.06. The van der Waals surface area contributed by atoms with E-state index < -0.39 is 0 Å². The smallest absolute Gasteiger partial charge is 0.224 e. The number of anilines is 2. The molecular weight excluding hydrogens is 192 g/mol. The van der Waals surface area contributed by atoms with Crippen LogP contribution in [0.3, 0.4) is 0 Å². The molecule has 0 aliphatic heterocycles. The van der Waals surface area contributed by atoms with Crippen LogP contribution in [0.15, 0.2) is 6.20 Å². The number of nitrogens with one attached hydrogen (secondary N) is 2. The third-order valence-electron chi connectivity index (χ3n) is 2.14. The molecule has 0 aromatic carbocycles. The molecule has 0 aliphatic carbocycles. The number of aliphatic hydroxyl groups excluding tert-OH is 1. The zero-order valence-electron chi connectivity index (χ0n) is 9.41. The van der Waals surface area contributed by atoms with E-state index in [1.165, 1.54) is 0 Å². The van der Waals surface area contributed by atoms with Crippen molar-refractivity contribution < 1.29 is 5.11 Å². The normalized spacial score (nSPS) is 12.3. The average Bonchev–Trinajstić information content (AvgIpc) is 2.21. The van der Waals surface area contributed by atoms with Gasteiger partial charge in [0, 0.05) is 31.5 Å². The Kier molecular flexibility index (Phi) is 4.30. The van der Waals surface area contributed by atoms with Crippen LogP contribution in [0, 0.1) is 6.92 Å². The summed E-state index contributed by atoms with van der Waals surface area (Å²) in [6.07, 6.45) is 2.48. The predicted molar refractivity (Wildman–Crippen MR) is 61.1 cm³/mol. The number of hydrogen-bond acceptors (Lipinski definition) is 5. The van der Waals surface area contributed by atoms with E-state index in [1.54, 1.807) is 13.2 Å². The van der Waals surface area contributed by atoms with Crippen molar-refractivity contribution in [3.63, 3.8) is 0 Å². The van der Waals surface area contributed by atoms with Gasteiger partial charge < -0.3 is 15.7 Å². The molecular formula is C10H18N4O. The number of rotatable bonds is 5. The fourth-order valence-corrected chi connectivity index (χ4v) is 1.21. The van der Waals surface area contributed by atoms with Gasteiger partial charge in [-0.2, -0.15) is 4.98 Å². The lowest BCUT2D eigenvalue weighted by molar-refractivity contribution is 0.282. The summed E-state index contributed by atoms with van der Waals surface area (Å²) >= 11 is 0. The first-order valence-corrected chi connectivity index (χ1v) is 5.06. The molecule has 1 unspecified atom stereocenters. The third kappa shape index (κ3) is 3.36. The highest BCUT2D eigenvalue weighted by atomic mass is 16.3. The monoisotopic (exact) mass is 210 g/mol. The first-order valence-electron chi connectivity index (χ1n) is 5.06. The molecule has 1 heterocycles. The third-order valence-corrected chi connectivity index (χ3v) is 2.14. The van der Waals surface area contributed by atoms with Crippen LogP contribution in [-0.4, -0.2) is 34.8 Å². The second-order valence-electron chi connectivity index (χ2n) is 3.53. The highest BCUT2D eigenvalue weighted by Crippen LogP contribution is 2.13. The SMILES string of the molecule is CNc1ncc(C)c(NC(C)CCO)n1. The fourth-order valence-electron chi connectivity index (χ4n) is 1.21. The van der Waals surface area contributed by atoms with Crippen LogP contribution in [0.25, 0.3) is 0 Å². The van der Waals surface area contributed by atoms with Crippen LogP contribution < -0.4 is 10.6 Å². The summed E-state index contributed by atoms with van der Waals surface area (Å²) in [6.45, 7) is 4.14. The predicted octanol–water partition coefficient (Wildman–Crippen LogP) is 1.01. The highest BCUT2D eigenvalue weighted by molar-refractivity contribution is 5.46. The van der Waals surface area contributed by atoms with Crippen molar-refractivity contribution in [3.05, 3.63) is 11.8 Å². The molecule has 1 aromatic heterocycles. The Morgan fingerprint density at radius 2 is 2.27 bits per heavy atom. The minimum absolute atomic E-state index is 0.178. The van der Waals surface area contributed by atoms with Gasteiger partial charge in [-0.3, -0.25) is 0 Å². The van der Waals surface area contributed by atoms with Crippen molar-refractivity contribution >= 4 is 11.8 Å². The Hall–Kier alpha value is -1.36. The van der Waals surface area contributed by atoms with Gasteiger partial charge in [-0.25, -0.2) is 4.98 Å². The Labute approximate surface area is 90.0 Å². The number of aryl methyl sites for hydroxylation is 1. The summed E-state index contributed by atoms with van der Waals surface area (Å²) < 4.78 is 0. The molecule has 5 nitrogen and oxygen atoms in total. The van der Waals surface area contributed by atoms with E-state index in [-0.39, 0.29) is 12.6 Å². The summed E-state index contributed by atoms with van der Waals surface area (Å²) in [5.41, 5.74) is 0.999. The second kappa shape index (κ2) is 5.50. The maximum Gasteiger partial charge on any atom is 0.224 e. The summed E-state index contributed by atoms with van der Waals surface area (Å²) in [5.74, 6) is 1.41. The molecule has 5 heteroatoms. The van der Waals surface area contributed by atoms with Crippen molar-refractivity contribution in [2.75, 3.05) is 24.3 Å². The maximum atomic E-state index is 8.80. The lowest BCUT2D eigenvalue weighted by Crippen LogP contribution is -2.18. The molecule has 0 amide bonds. The van der Waals surface area contributed by atoms with E-state index in [2.05, 4.69) is 20.6 Å². The molecule has 0 bridgehead atoms. The molecule has 1 atom stereocenters. The van der Waals surface area contributed by atoms with Crippen LogP contribution in [0.1, 0.15) is 18.9 Å². The molecule has 0 saturated carbocycles. The quantitative estimate of drug-likeness (QED) is 0.676. The van der Waals surface area contributed by atoms with E-state index >= 15 is 0 Å². The zero-order chi connectivity index (χ0) is 11.3. The topological polar surface area (TPSA) is 70.1 Å². The first kappa shape index (κ1) is 11.7. The van der Waals surface area contributed by atoms with Gasteiger partial charge in [0.05, 0.1) is 0 Å². The molecule has 1 rings (SSSR count). The molecule has 15 heavy (non-hydrogen) atoms. The molecule has 0 spiro atoms. The van der Waals surface area contributed by atoms with Crippen molar-refractivity contribution in [3.8, 4) is 0 Å². The van der Waals surface area contributed by atoms with Gasteiger partial charge in [-0.05, 0) is 20.3 Å². The van der Waals surface area contributed by atoms with Crippen LogP contribution >= 0.6 is 0 Å². The van der Waals surface area contributed by atoms with Gasteiger partial charge >= 0.3 is 0 Å².